The fourth-order valence-corrected chi connectivity index (χ4v) is 4.13. The number of nitrogens with zero attached hydrogens (tertiary/aromatic N) is 2. The van der Waals surface area contributed by atoms with Crippen LogP contribution in [0.4, 0.5) is 0 Å². The van der Waals surface area contributed by atoms with Crippen molar-refractivity contribution in [3.63, 3.8) is 0 Å². The standard InChI is InChI=1S/C19H23N3O4S/c1-11-5-3-4-6-14(11)20-17(23)12(2)27-19-22-21-18(26-19)13-7-8-15-16(9-13)25-10-24-15/h7-9,11-12,14H,3-6,10H2,1-2H3,(H,20,23)/t11-,12+,14+/m0/s1. The highest BCUT2D eigenvalue weighted by atomic mass is 32.2. The SMILES string of the molecule is C[C@@H](Sc1nnc(-c2ccc3c(c2)OCO3)o1)C(=O)N[C@@H]1CCCC[C@@H]1C. The summed E-state index contributed by atoms with van der Waals surface area (Å²) >= 11 is 1.27. The maximum Gasteiger partial charge on any atom is 0.277 e. The van der Waals surface area contributed by atoms with Crippen LogP contribution in [0.25, 0.3) is 11.5 Å². The molecule has 1 aromatic carbocycles. The van der Waals surface area contributed by atoms with Gasteiger partial charge >= 0.3 is 0 Å². The van der Waals surface area contributed by atoms with E-state index in [2.05, 4.69) is 22.4 Å². The van der Waals surface area contributed by atoms with Gasteiger partial charge in [-0.25, -0.2) is 0 Å². The fraction of sp³-hybridized carbons (Fsp3) is 0.526. The Morgan fingerprint density at radius 2 is 2.04 bits per heavy atom. The molecule has 1 aliphatic carbocycles. The molecule has 1 aromatic heterocycles. The number of benzene rings is 1. The number of hydrogen-bond acceptors (Lipinski definition) is 7. The van der Waals surface area contributed by atoms with Crippen LogP contribution < -0.4 is 14.8 Å². The van der Waals surface area contributed by atoms with E-state index in [-0.39, 0.29) is 24.0 Å². The number of nitrogens with one attached hydrogen (secondary N) is 1. The molecule has 2 heterocycles. The van der Waals surface area contributed by atoms with Crippen molar-refractivity contribution < 1.29 is 18.7 Å². The van der Waals surface area contributed by atoms with Gasteiger partial charge in [-0.3, -0.25) is 4.79 Å². The zero-order chi connectivity index (χ0) is 18.8. The highest BCUT2D eigenvalue weighted by Gasteiger charge is 2.26. The van der Waals surface area contributed by atoms with Crippen molar-refractivity contribution in [3.8, 4) is 23.0 Å². The minimum atomic E-state index is -0.302. The summed E-state index contributed by atoms with van der Waals surface area (Å²) in [5.41, 5.74) is 0.756. The van der Waals surface area contributed by atoms with Crippen LogP contribution in [-0.4, -0.2) is 34.2 Å². The molecule has 27 heavy (non-hydrogen) atoms. The van der Waals surface area contributed by atoms with Gasteiger partial charge in [0.05, 0.1) is 5.25 Å². The molecule has 1 N–H and O–H groups in total. The quantitative estimate of drug-likeness (QED) is 0.781. The summed E-state index contributed by atoms with van der Waals surface area (Å²) < 4.78 is 16.4. The molecule has 0 bridgehead atoms. The van der Waals surface area contributed by atoms with Crippen molar-refractivity contribution in [1.82, 2.24) is 15.5 Å². The van der Waals surface area contributed by atoms with Crippen LogP contribution in [0.3, 0.4) is 0 Å². The van der Waals surface area contributed by atoms with Gasteiger partial charge in [0.25, 0.3) is 5.22 Å². The number of carbonyl (C=O) groups excluding carboxylic acids is 1. The minimum Gasteiger partial charge on any atom is -0.454 e. The second-order valence-corrected chi connectivity index (χ2v) is 8.37. The number of aromatic nitrogens is 2. The number of carbonyl (C=O) groups is 1. The number of rotatable bonds is 5. The Bertz CT molecular complexity index is 825. The molecule has 144 valence electrons. The normalized spacial score (nSPS) is 22.4. The third-order valence-corrected chi connectivity index (χ3v) is 6.05. The van der Waals surface area contributed by atoms with Crippen LogP contribution in [0.2, 0.25) is 0 Å². The van der Waals surface area contributed by atoms with E-state index >= 15 is 0 Å². The van der Waals surface area contributed by atoms with Gasteiger partial charge in [-0.2, -0.15) is 0 Å². The number of hydrogen-bond donors (Lipinski definition) is 1. The topological polar surface area (TPSA) is 86.5 Å². The van der Waals surface area contributed by atoms with Crippen LogP contribution >= 0.6 is 11.8 Å². The summed E-state index contributed by atoms with van der Waals surface area (Å²) in [6.07, 6.45) is 4.66. The molecule has 4 rings (SSSR count). The largest absolute Gasteiger partial charge is 0.454 e. The monoisotopic (exact) mass is 389 g/mol. The van der Waals surface area contributed by atoms with Crippen molar-refractivity contribution in [2.75, 3.05) is 6.79 Å². The molecule has 0 saturated heterocycles. The third-order valence-electron chi connectivity index (χ3n) is 5.11. The van der Waals surface area contributed by atoms with Gasteiger partial charge in [-0.05, 0) is 43.9 Å². The van der Waals surface area contributed by atoms with Crippen LogP contribution in [0, 0.1) is 5.92 Å². The Hall–Kier alpha value is -2.22. The summed E-state index contributed by atoms with van der Waals surface area (Å²) in [5, 5.41) is 11.4. The molecule has 1 saturated carbocycles. The summed E-state index contributed by atoms with van der Waals surface area (Å²) in [7, 11) is 0. The summed E-state index contributed by atoms with van der Waals surface area (Å²) in [5.74, 6) is 2.30. The first-order valence-corrected chi connectivity index (χ1v) is 10.2. The number of thioether (sulfide) groups is 1. The second-order valence-electron chi connectivity index (χ2n) is 7.08. The summed E-state index contributed by atoms with van der Waals surface area (Å²) in [4.78, 5) is 12.5. The van der Waals surface area contributed by atoms with Crippen molar-refractivity contribution in [1.29, 1.82) is 0 Å². The van der Waals surface area contributed by atoms with Gasteiger partial charge < -0.3 is 19.2 Å². The van der Waals surface area contributed by atoms with E-state index in [1.165, 1.54) is 31.0 Å². The predicted molar refractivity (Wildman–Crippen MR) is 101 cm³/mol. The Kier molecular flexibility index (Phi) is 5.24. The number of fused-ring (bicyclic) bond motifs is 1. The molecule has 1 aliphatic heterocycles. The molecular formula is C19H23N3O4S. The van der Waals surface area contributed by atoms with E-state index in [4.69, 9.17) is 13.9 Å². The molecule has 8 heteroatoms. The van der Waals surface area contributed by atoms with E-state index in [1.54, 1.807) is 0 Å². The van der Waals surface area contributed by atoms with Crippen molar-refractivity contribution in [2.45, 2.75) is 56.0 Å². The van der Waals surface area contributed by atoms with Gasteiger partial charge in [0, 0.05) is 11.6 Å². The lowest BCUT2D eigenvalue weighted by Crippen LogP contribution is -2.44. The van der Waals surface area contributed by atoms with E-state index in [9.17, 15) is 4.79 Å². The Morgan fingerprint density at radius 1 is 1.22 bits per heavy atom. The van der Waals surface area contributed by atoms with E-state index in [0.29, 0.717) is 28.5 Å². The Balaban J connectivity index is 1.37. The zero-order valence-electron chi connectivity index (χ0n) is 15.4. The fourth-order valence-electron chi connectivity index (χ4n) is 3.44. The predicted octanol–water partition coefficient (Wildman–Crippen LogP) is 3.64. The average molecular weight is 389 g/mol. The third kappa shape index (κ3) is 4.05. The van der Waals surface area contributed by atoms with Crippen LogP contribution in [0.1, 0.15) is 39.5 Å². The summed E-state index contributed by atoms with van der Waals surface area (Å²) in [6, 6.07) is 5.73. The molecule has 2 aliphatic rings. The lowest BCUT2D eigenvalue weighted by molar-refractivity contribution is -0.121. The Morgan fingerprint density at radius 3 is 2.89 bits per heavy atom. The van der Waals surface area contributed by atoms with Gasteiger partial charge in [-0.1, -0.05) is 31.5 Å². The molecule has 0 radical (unpaired) electrons. The number of ether oxygens (including phenoxy) is 2. The second kappa shape index (κ2) is 7.80. The van der Waals surface area contributed by atoms with E-state index < -0.39 is 0 Å². The van der Waals surface area contributed by atoms with Crippen LogP contribution in [0.5, 0.6) is 11.5 Å². The summed E-state index contributed by atoms with van der Waals surface area (Å²) in [6.45, 7) is 4.28. The molecule has 0 spiro atoms. The number of amides is 1. The lowest BCUT2D eigenvalue weighted by Gasteiger charge is -2.30. The van der Waals surface area contributed by atoms with Gasteiger partial charge in [0.15, 0.2) is 11.5 Å². The molecule has 2 aromatic rings. The zero-order valence-corrected chi connectivity index (χ0v) is 16.3. The Labute approximate surface area is 162 Å². The highest BCUT2D eigenvalue weighted by molar-refractivity contribution is 8.00. The first-order chi connectivity index (χ1) is 13.1. The average Bonchev–Trinajstić information content (AvgIpc) is 3.32. The first-order valence-electron chi connectivity index (χ1n) is 9.30. The van der Waals surface area contributed by atoms with Crippen molar-refractivity contribution in [3.05, 3.63) is 18.2 Å². The maximum atomic E-state index is 12.5. The molecule has 0 unspecified atom stereocenters. The maximum absolute atomic E-state index is 12.5. The molecule has 1 fully saturated rings. The molecular weight excluding hydrogens is 366 g/mol. The van der Waals surface area contributed by atoms with Gasteiger partial charge in [0.2, 0.25) is 18.6 Å². The van der Waals surface area contributed by atoms with E-state index in [0.717, 1.165) is 12.0 Å². The van der Waals surface area contributed by atoms with Crippen molar-refractivity contribution in [2.24, 2.45) is 5.92 Å². The molecule has 1 amide bonds. The molecule has 3 atom stereocenters. The smallest absolute Gasteiger partial charge is 0.277 e. The van der Waals surface area contributed by atoms with Crippen LogP contribution in [0.15, 0.2) is 27.8 Å². The van der Waals surface area contributed by atoms with Gasteiger partial charge in [0.1, 0.15) is 0 Å². The minimum absolute atomic E-state index is 0.0154. The van der Waals surface area contributed by atoms with Crippen LogP contribution in [-0.2, 0) is 4.79 Å². The first kappa shape index (κ1) is 18.2. The highest BCUT2D eigenvalue weighted by Crippen LogP contribution is 2.36. The molecule has 7 nitrogen and oxygen atoms in total. The lowest BCUT2D eigenvalue weighted by atomic mass is 9.86. The van der Waals surface area contributed by atoms with Gasteiger partial charge in [-0.15, -0.1) is 10.2 Å². The van der Waals surface area contributed by atoms with Crippen molar-refractivity contribution >= 4 is 17.7 Å². The van der Waals surface area contributed by atoms with E-state index in [1.807, 2.05) is 25.1 Å².